The van der Waals surface area contributed by atoms with E-state index in [0.29, 0.717) is 25.9 Å². The Bertz CT molecular complexity index is 744. The van der Waals surface area contributed by atoms with Gasteiger partial charge in [-0.3, -0.25) is 0 Å². The predicted octanol–water partition coefficient (Wildman–Crippen LogP) is 1.75. The number of nitrogens with zero attached hydrogens (tertiary/aromatic N) is 2. The van der Waals surface area contributed by atoms with Gasteiger partial charge >= 0.3 is 6.09 Å². The van der Waals surface area contributed by atoms with Gasteiger partial charge in [0.2, 0.25) is 10.0 Å². The lowest BCUT2D eigenvalue weighted by Gasteiger charge is -2.50. The molecule has 2 aliphatic rings. The summed E-state index contributed by atoms with van der Waals surface area (Å²) in [4.78, 5) is 12.4. The number of morpholine rings is 1. The first kappa shape index (κ1) is 18.1. The summed E-state index contributed by atoms with van der Waals surface area (Å²) in [5.41, 5.74) is -0.697. The molecule has 0 bridgehead atoms. The van der Waals surface area contributed by atoms with Crippen LogP contribution in [-0.4, -0.2) is 66.7 Å². The molecule has 7 nitrogen and oxygen atoms in total. The molecule has 1 N–H and O–H groups in total. The zero-order chi connectivity index (χ0) is 18.2. The number of halogens is 1. The van der Waals surface area contributed by atoms with Gasteiger partial charge in [0.25, 0.3) is 0 Å². The van der Waals surface area contributed by atoms with Crippen LogP contribution in [0.5, 0.6) is 0 Å². The highest BCUT2D eigenvalue weighted by Gasteiger charge is 2.49. The van der Waals surface area contributed by atoms with Crippen molar-refractivity contribution < 1.29 is 27.4 Å². The van der Waals surface area contributed by atoms with Gasteiger partial charge in [0.05, 0.1) is 23.1 Å². The smallest absolute Gasteiger partial charge is 0.407 e. The van der Waals surface area contributed by atoms with Gasteiger partial charge in [-0.2, -0.15) is 4.31 Å². The fraction of sp³-hybridized carbons (Fsp3) is 0.562. The van der Waals surface area contributed by atoms with Gasteiger partial charge in [0.15, 0.2) is 0 Å². The molecule has 1 aromatic carbocycles. The van der Waals surface area contributed by atoms with E-state index in [4.69, 9.17) is 9.84 Å². The number of carboxylic acid groups (broad SMARTS) is 1. The topological polar surface area (TPSA) is 87.2 Å². The number of amides is 1. The summed E-state index contributed by atoms with van der Waals surface area (Å²) >= 11 is 0. The molecule has 2 saturated heterocycles. The highest BCUT2D eigenvalue weighted by molar-refractivity contribution is 7.89. The minimum atomic E-state index is -3.78. The third-order valence-electron chi connectivity index (χ3n) is 5.20. The Labute approximate surface area is 146 Å². The zero-order valence-electron chi connectivity index (χ0n) is 13.9. The quantitative estimate of drug-likeness (QED) is 0.855. The summed E-state index contributed by atoms with van der Waals surface area (Å²) in [6.45, 7) is 2.87. The molecule has 3 rings (SSSR count). The van der Waals surface area contributed by atoms with E-state index in [0.717, 1.165) is 12.1 Å². The standard InChI is InChI=1S/C16H21FN2O5S/c1-12-16(6-8-18(9-7-16)15(20)21)24-11-10-19(12)25(22,23)14-4-2-13(17)3-5-14/h2-5,12H,6-11H2,1H3,(H,20,21). The molecule has 2 heterocycles. The van der Waals surface area contributed by atoms with Crippen molar-refractivity contribution in [3.63, 3.8) is 0 Å². The van der Waals surface area contributed by atoms with Crippen molar-refractivity contribution in [3.8, 4) is 0 Å². The van der Waals surface area contributed by atoms with Crippen molar-refractivity contribution in [2.75, 3.05) is 26.2 Å². The van der Waals surface area contributed by atoms with E-state index in [2.05, 4.69) is 0 Å². The Hall–Kier alpha value is -1.71. The third-order valence-corrected chi connectivity index (χ3v) is 7.18. The van der Waals surface area contributed by atoms with Gasteiger partial charge in [0, 0.05) is 19.6 Å². The Kier molecular flexibility index (Phi) is 4.74. The lowest BCUT2D eigenvalue weighted by molar-refractivity contribution is -0.144. The van der Waals surface area contributed by atoms with Crippen molar-refractivity contribution in [2.45, 2.75) is 36.3 Å². The number of sulfonamides is 1. The average Bonchev–Trinajstić information content (AvgIpc) is 2.58. The lowest BCUT2D eigenvalue weighted by atomic mass is 9.84. The maximum absolute atomic E-state index is 13.1. The Morgan fingerprint density at radius 1 is 1.24 bits per heavy atom. The molecule has 0 aliphatic carbocycles. The van der Waals surface area contributed by atoms with Gasteiger partial charge < -0.3 is 14.7 Å². The average molecular weight is 372 g/mol. The van der Waals surface area contributed by atoms with Gasteiger partial charge in [0.1, 0.15) is 5.82 Å². The molecule has 1 aromatic rings. The first-order valence-electron chi connectivity index (χ1n) is 8.15. The number of rotatable bonds is 2. The first-order valence-corrected chi connectivity index (χ1v) is 9.59. The molecule has 2 fully saturated rings. The monoisotopic (exact) mass is 372 g/mol. The number of piperidine rings is 1. The molecule has 138 valence electrons. The van der Waals surface area contributed by atoms with E-state index in [-0.39, 0.29) is 18.0 Å². The van der Waals surface area contributed by atoms with E-state index in [1.54, 1.807) is 6.92 Å². The summed E-state index contributed by atoms with van der Waals surface area (Å²) in [6, 6.07) is 4.32. The normalized spacial score (nSPS) is 24.4. The van der Waals surface area contributed by atoms with Crippen LogP contribution in [0.25, 0.3) is 0 Å². The third kappa shape index (κ3) is 3.23. The van der Waals surface area contributed by atoms with Crippen molar-refractivity contribution in [2.24, 2.45) is 0 Å². The highest BCUT2D eigenvalue weighted by Crippen LogP contribution is 2.37. The van der Waals surface area contributed by atoms with Crippen LogP contribution in [0, 0.1) is 5.82 Å². The Morgan fingerprint density at radius 3 is 2.40 bits per heavy atom. The second-order valence-electron chi connectivity index (χ2n) is 6.43. The fourth-order valence-corrected chi connectivity index (χ4v) is 5.30. The van der Waals surface area contributed by atoms with E-state index < -0.39 is 33.6 Å². The Balaban J connectivity index is 1.84. The van der Waals surface area contributed by atoms with E-state index in [1.165, 1.54) is 21.3 Å². The number of carbonyl (C=O) groups is 1. The minimum Gasteiger partial charge on any atom is -0.465 e. The SMILES string of the molecule is CC1N(S(=O)(=O)c2ccc(F)cc2)CCOC12CCN(C(=O)O)CC2. The Morgan fingerprint density at radius 2 is 1.84 bits per heavy atom. The van der Waals surface area contributed by atoms with Crippen LogP contribution in [0.15, 0.2) is 29.2 Å². The van der Waals surface area contributed by atoms with Crippen LogP contribution in [0.4, 0.5) is 9.18 Å². The maximum atomic E-state index is 13.1. The van der Waals surface area contributed by atoms with Crippen molar-refractivity contribution in [3.05, 3.63) is 30.1 Å². The summed E-state index contributed by atoms with van der Waals surface area (Å²) in [5.74, 6) is -0.494. The van der Waals surface area contributed by atoms with Crippen molar-refractivity contribution in [1.82, 2.24) is 9.21 Å². The number of ether oxygens (including phenoxy) is 1. The molecule has 0 radical (unpaired) electrons. The van der Waals surface area contributed by atoms with Crippen LogP contribution in [0.2, 0.25) is 0 Å². The zero-order valence-corrected chi connectivity index (χ0v) is 14.7. The van der Waals surface area contributed by atoms with E-state index in [1.807, 2.05) is 0 Å². The van der Waals surface area contributed by atoms with Gasteiger partial charge in [-0.05, 0) is 44.0 Å². The molecule has 2 aliphatic heterocycles. The lowest BCUT2D eigenvalue weighted by Crippen LogP contribution is -2.63. The molecule has 1 unspecified atom stereocenters. The minimum absolute atomic E-state index is 0.0424. The summed E-state index contributed by atoms with van der Waals surface area (Å²) in [5, 5.41) is 9.09. The molecule has 1 spiro atoms. The molecule has 1 amide bonds. The number of benzene rings is 1. The van der Waals surface area contributed by atoms with Gasteiger partial charge in [-0.25, -0.2) is 17.6 Å². The second kappa shape index (κ2) is 6.54. The first-order chi connectivity index (χ1) is 11.8. The van der Waals surface area contributed by atoms with Crippen LogP contribution in [-0.2, 0) is 14.8 Å². The molecule has 25 heavy (non-hydrogen) atoms. The summed E-state index contributed by atoms with van der Waals surface area (Å²) in [6.07, 6.45) is -0.0969. The van der Waals surface area contributed by atoms with Crippen LogP contribution < -0.4 is 0 Å². The largest absolute Gasteiger partial charge is 0.465 e. The van der Waals surface area contributed by atoms with Crippen LogP contribution in [0.3, 0.4) is 0 Å². The highest BCUT2D eigenvalue weighted by atomic mass is 32.2. The van der Waals surface area contributed by atoms with Crippen LogP contribution in [0.1, 0.15) is 19.8 Å². The molecular weight excluding hydrogens is 351 g/mol. The maximum Gasteiger partial charge on any atom is 0.407 e. The van der Waals surface area contributed by atoms with Crippen LogP contribution >= 0.6 is 0 Å². The molecule has 0 saturated carbocycles. The second-order valence-corrected chi connectivity index (χ2v) is 8.32. The summed E-state index contributed by atoms with van der Waals surface area (Å²) in [7, 11) is -3.78. The van der Waals surface area contributed by atoms with Gasteiger partial charge in [-0.1, -0.05) is 0 Å². The molecule has 1 atom stereocenters. The predicted molar refractivity (Wildman–Crippen MR) is 87.3 cm³/mol. The summed E-state index contributed by atoms with van der Waals surface area (Å²) < 4.78 is 46.3. The fourth-order valence-electron chi connectivity index (χ4n) is 3.62. The molecule has 0 aromatic heterocycles. The van der Waals surface area contributed by atoms with Crippen molar-refractivity contribution >= 4 is 16.1 Å². The van der Waals surface area contributed by atoms with Crippen molar-refractivity contribution in [1.29, 1.82) is 0 Å². The molecular formula is C16H21FN2O5S. The number of hydrogen-bond acceptors (Lipinski definition) is 4. The number of likely N-dealkylation sites (tertiary alicyclic amines) is 1. The number of hydrogen-bond donors (Lipinski definition) is 1. The molecule has 9 heteroatoms. The van der Waals surface area contributed by atoms with E-state index in [9.17, 15) is 17.6 Å². The van der Waals surface area contributed by atoms with E-state index >= 15 is 0 Å². The van der Waals surface area contributed by atoms with Gasteiger partial charge in [-0.15, -0.1) is 0 Å².